The van der Waals surface area contributed by atoms with Crippen molar-refractivity contribution in [2.45, 2.75) is 37.6 Å². The number of nitrogens with two attached hydrogens (primary N) is 1. The van der Waals surface area contributed by atoms with E-state index in [4.69, 9.17) is 5.73 Å². The van der Waals surface area contributed by atoms with E-state index in [0.29, 0.717) is 17.5 Å². The Hall–Kier alpha value is -1.42. The first-order valence-electron chi connectivity index (χ1n) is 8.39. The number of benzene rings is 1. The van der Waals surface area contributed by atoms with E-state index >= 15 is 0 Å². The zero-order chi connectivity index (χ0) is 17.6. The molecular weight excluding hydrogens is 351 g/mol. The zero-order valence-electron chi connectivity index (χ0n) is 13.5. The monoisotopic (exact) mass is 371 g/mol. The van der Waals surface area contributed by atoms with Gasteiger partial charge in [0.2, 0.25) is 0 Å². The van der Waals surface area contributed by atoms with Gasteiger partial charge in [0.1, 0.15) is 0 Å². The number of thiazole rings is 1. The van der Waals surface area contributed by atoms with E-state index in [1.807, 2.05) is 0 Å². The third kappa shape index (κ3) is 3.46. The molecule has 2 saturated heterocycles. The molecule has 4 rings (SSSR count). The van der Waals surface area contributed by atoms with Crippen LogP contribution < -0.4 is 21.5 Å². The van der Waals surface area contributed by atoms with Gasteiger partial charge in [-0.25, -0.2) is 10.4 Å². The summed E-state index contributed by atoms with van der Waals surface area (Å²) < 4.78 is 39.3. The lowest BCUT2D eigenvalue weighted by Crippen LogP contribution is -2.43. The molecule has 5 nitrogen and oxygen atoms in total. The third-order valence-electron chi connectivity index (χ3n) is 5.04. The molecule has 0 saturated carbocycles. The fourth-order valence-corrected chi connectivity index (χ4v) is 4.63. The van der Waals surface area contributed by atoms with Gasteiger partial charge in [-0.3, -0.25) is 5.43 Å². The van der Waals surface area contributed by atoms with Crippen molar-refractivity contribution in [3.05, 3.63) is 23.8 Å². The number of anilines is 1. The van der Waals surface area contributed by atoms with Crippen molar-refractivity contribution in [3.63, 3.8) is 0 Å². The van der Waals surface area contributed by atoms with Crippen LogP contribution in [-0.4, -0.2) is 30.3 Å². The SMILES string of the molecule is NC1CC(C2CCN(c3nc4cc(C(F)(F)F)ccc4s3)CC2)NN1. The van der Waals surface area contributed by atoms with Crippen LogP contribution in [0.25, 0.3) is 10.2 Å². The normalized spacial score (nSPS) is 25.8. The molecule has 2 fully saturated rings. The number of hydrogen-bond donors (Lipinski definition) is 3. The highest BCUT2D eigenvalue weighted by Gasteiger charge is 2.33. The summed E-state index contributed by atoms with van der Waals surface area (Å²) in [5, 5.41) is 0.807. The molecule has 25 heavy (non-hydrogen) atoms. The van der Waals surface area contributed by atoms with Crippen LogP contribution >= 0.6 is 11.3 Å². The summed E-state index contributed by atoms with van der Waals surface area (Å²) in [5.74, 6) is 0.559. The summed E-state index contributed by atoms with van der Waals surface area (Å²) in [4.78, 5) is 6.62. The predicted molar refractivity (Wildman–Crippen MR) is 92.2 cm³/mol. The fraction of sp³-hybridized carbons (Fsp3) is 0.562. The Morgan fingerprint density at radius 2 is 1.96 bits per heavy atom. The maximum Gasteiger partial charge on any atom is 0.416 e. The average molecular weight is 371 g/mol. The Kier molecular flexibility index (Phi) is 4.35. The first-order chi connectivity index (χ1) is 11.9. The van der Waals surface area contributed by atoms with E-state index < -0.39 is 11.7 Å². The number of aromatic nitrogens is 1. The van der Waals surface area contributed by atoms with Crippen LogP contribution in [-0.2, 0) is 6.18 Å². The fourth-order valence-electron chi connectivity index (χ4n) is 3.64. The number of nitrogens with one attached hydrogen (secondary N) is 2. The lowest BCUT2D eigenvalue weighted by Gasteiger charge is -2.34. The minimum atomic E-state index is -4.33. The van der Waals surface area contributed by atoms with Crippen molar-refractivity contribution < 1.29 is 13.2 Å². The first-order valence-corrected chi connectivity index (χ1v) is 9.21. The van der Waals surface area contributed by atoms with Gasteiger partial charge in [0.05, 0.1) is 21.9 Å². The summed E-state index contributed by atoms with van der Waals surface area (Å²) >= 11 is 1.46. The molecule has 3 heterocycles. The standard InChI is InChI=1S/C16H20F3N5S/c17-16(18,19)10-1-2-13-12(7-10)21-15(25-13)24-5-3-9(4-6-24)11-8-14(20)23-22-11/h1-2,7,9,11,14,22-23H,3-6,8,20H2. The van der Waals surface area contributed by atoms with E-state index in [1.165, 1.54) is 17.4 Å². The molecule has 2 atom stereocenters. The van der Waals surface area contributed by atoms with Crippen molar-refractivity contribution in [1.29, 1.82) is 0 Å². The van der Waals surface area contributed by atoms with Crippen LogP contribution in [0.5, 0.6) is 0 Å². The van der Waals surface area contributed by atoms with Crippen molar-refractivity contribution in [3.8, 4) is 0 Å². The maximum absolute atomic E-state index is 12.8. The minimum Gasteiger partial charge on any atom is -0.348 e. The molecule has 2 aromatic rings. The van der Waals surface area contributed by atoms with Crippen LogP contribution in [0.2, 0.25) is 0 Å². The van der Waals surface area contributed by atoms with Crippen LogP contribution in [0.15, 0.2) is 18.2 Å². The molecule has 0 radical (unpaired) electrons. The molecular formula is C16H20F3N5S. The van der Waals surface area contributed by atoms with E-state index in [-0.39, 0.29) is 6.17 Å². The molecule has 0 bridgehead atoms. The Labute approximate surface area is 147 Å². The second-order valence-electron chi connectivity index (χ2n) is 6.74. The number of nitrogens with zero attached hydrogens (tertiary/aromatic N) is 2. The molecule has 2 aliphatic rings. The highest BCUT2D eigenvalue weighted by Crippen LogP contribution is 2.36. The molecule has 1 aromatic carbocycles. The smallest absolute Gasteiger partial charge is 0.348 e. The number of rotatable bonds is 2. The number of hydrazine groups is 1. The Morgan fingerprint density at radius 3 is 2.60 bits per heavy atom. The van der Waals surface area contributed by atoms with Gasteiger partial charge in [0.15, 0.2) is 5.13 Å². The first kappa shape index (κ1) is 17.0. The molecule has 4 N–H and O–H groups in total. The topological polar surface area (TPSA) is 66.2 Å². The Morgan fingerprint density at radius 1 is 1.20 bits per heavy atom. The molecule has 136 valence electrons. The summed E-state index contributed by atoms with van der Waals surface area (Å²) in [6, 6.07) is 4.17. The lowest BCUT2D eigenvalue weighted by atomic mass is 9.88. The third-order valence-corrected chi connectivity index (χ3v) is 6.14. The Bertz CT molecular complexity index is 754. The van der Waals surface area contributed by atoms with Crippen molar-refractivity contribution in [1.82, 2.24) is 15.8 Å². The van der Waals surface area contributed by atoms with Crippen molar-refractivity contribution >= 4 is 26.7 Å². The van der Waals surface area contributed by atoms with Crippen LogP contribution in [0.1, 0.15) is 24.8 Å². The summed E-state index contributed by atoms with van der Waals surface area (Å²) in [7, 11) is 0. The number of halogens is 3. The minimum absolute atomic E-state index is 0.00937. The van der Waals surface area contributed by atoms with Gasteiger partial charge in [-0.1, -0.05) is 11.3 Å². The number of alkyl halides is 3. The second kappa shape index (κ2) is 6.39. The van der Waals surface area contributed by atoms with Gasteiger partial charge < -0.3 is 10.6 Å². The molecule has 0 amide bonds. The zero-order valence-corrected chi connectivity index (χ0v) is 14.3. The van der Waals surface area contributed by atoms with Crippen molar-refractivity contribution in [2.24, 2.45) is 11.7 Å². The molecule has 9 heteroatoms. The lowest BCUT2D eigenvalue weighted by molar-refractivity contribution is -0.137. The van der Waals surface area contributed by atoms with Gasteiger partial charge in [-0.05, 0) is 43.4 Å². The van der Waals surface area contributed by atoms with E-state index in [2.05, 4.69) is 20.7 Å². The van der Waals surface area contributed by atoms with Crippen LogP contribution in [0.4, 0.5) is 18.3 Å². The highest BCUT2D eigenvalue weighted by molar-refractivity contribution is 7.22. The second-order valence-corrected chi connectivity index (χ2v) is 7.75. The van der Waals surface area contributed by atoms with E-state index in [0.717, 1.165) is 54.3 Å². The largest absolute Gasteiger partial charge is 0.416 e. The number of fused-ring (bicyclic) bond motifs is 1. The summed E-state index contributed by atoms with van der Waals surface area (Å²) in [6.07, 6.45) is -1.35. The quantitative estimate of drug-likeness (QED) is 0.758. The maximum atomic E-state index is 12.8. The molecule has 1 aromatic heterocycles. The van der Waals surface area contributed by atoms with Gasteiger partial charge in [0.25, 0.3) is 0 Å². The van der Waals surface area contributed by atoms with Crippen molar-refractivity contribution in [2.75, 3.05) is 18.0 Å². The predicted octanol–water partition coefficient (Wildman–Crippen LogP) is 2.68. The van der Waals surface area contributed by atoms with Crippen LogP contribution in [0, 0.1) is 5.92 Å². The Balaban J connectivity index is 1.46. The average Bonchev–Trinajstić information content (AvgIpc) is 3.19. The summed E-state index contributed by atoms with van der Waals surface area (Å²) in [6.45, 7) is 1.73. The van der Waals surface area contributed by atoms with Gasteiger partial charge in [-0.2, -0.15) is 13.2 Å². The highest BCUT2D eigenvalue weighted by atomic mass is 32.1. The molecule has 0 spiro atoms. The van der Waals surface area contributed by atoms with Gasteiger partial charge in [-0.15, -0.1) is 0 Å². The summed E-state index contributed by atoms with van der Waals surface area (Å²) in [5.41, 5.74) is 12.0. The molecule has 0 aliphatic carbocycles. The number of piperidine rings is 1. The van der Waals surface area contributed by atoms with Gasteiger partial charge >= 0.3 is 6.18 Å². The molecule has 2 unspecified atom stereocenters. The van der Waals surface area contributed by atoms with Crippen LogP contribution in [0.3, 0.4) is 0 Å². The molecule has 2 aliphatic heterocycles. The van der Waals surface area contributed by atoms with Gasteiger partial charge in [0, 0.05) is 19.1 Å². The number of hydrogen-bond acceptors (Lipinski definition) is 6. The van der Waals surface area contributed by atoms with E-state index in [9.17, 15) is 13.2 Å². The van der Waals surface area contributed by atoms with E-state index in [1.54, 1.807) is 0 Å².